The average molecular weight is 480 g/mol. The number of thiazole rings is 1. The Kier molecular flexibility index (Phi) is 6.38. The maximum atomic E-state index is 12.9. The van der Waals surface area contributed by atoms with E-state index < -0.39 is 10.0 Å². The molecule has 2 heterocycles. The molecule has 1 aliphatic rings. The molecule has 0 amide bonds. The third-order valence-corrected chi connectivity index (χ3v) is 8.15. The van der Waals surface area contributed by atoms with Crippen LogP contribution in [0.2, 0.25) is 5.02 Å². The van der Waals surface area contributed by atoms with Crippen molar-refractivity contribution in [3.8, 4) is 22.8 Å². The predicted octanol–water partition coefficient (Wildman–Crippen LogP) is 3.99. The molecule has 0 saturated carbocycles. The molecule has 10 heteroatoms. The molecule has 7 nitrogen and oxygen atoms in total. The number of hydrogen-bond acceptors (Lipinski definition) is 7. The highest BCUT2D eigenvalue weighted by Gasteiger charge is 2.29. The quantitative estimate of drug-likeness (QED) is 0.532. The van der Waals surface area contributed by atoms with Crippen LogP contribution < -0.4 is 14.4 Å². The topological polar surface area (TPSA) is 72.0 Å². The summed E-state index contributed by atoms with van der Waals surface area (Å²) in [6, 6.07) is 12.1. The van der Waals surface area contributed by atoms with E-state index in [9.17, 15) is 8.42 Å². The summed E-state index contributed by atoms with van der Waals surface area (Å²) < 4.78 is 38.0. The molecule has 3 aromatic rings. The lowest BCUT2D eigenvalue weighted by Crippen LogP contribution is -2.48. The molecule has 1 saturated heterocycles. The van der Waals surface area contributed by atoms with E-state index in [1.54, 1.807) is 32.4 Å². The minimum Gasteiger partial charge on any atom is -0.493 e. The van der Waals surface area contributed by atoms with Crippen LogP contribution in [0.1, 0.15) is 0 Å². The number of sulfonamides is 1. The number of methoxy groups -OCH3 is 2. The minimum absolute atomic E-state index is 0.221. The zero-order chi connectivity index (χ0) is 22.0. The number of anilines is 1. The van der Waals surface area contributed by atoms with Crippen molar-refractivity contribution in [2.45, 2.75) is 4.90 Å². The van der Waals surface area contributed by atoms with Gasteiger partial charge in [0.2, 0.25) is 10.0 Å². The Morgan fingerprint density at radius 3 is 2.42 bits per heavy atom. The zero-order valence-corrected chi connectivity index (χ0v) is 19.5. The minimum atomic E-state index is -3.56. The van der Waals surface area contributed by atoms with Crippen molar-refractivity contribution in [1.82, 2.24) is 9.29 Å². The van der Waals surface area contributed by atoms with Crippen LogP contribution in [-0.4, -0.2) is 58.1 Å². The lowest BCUT2D eigenvalue weighted by Gasteiger charge is -2.33. The first-order valence-corrected chi connectivity index (χ1v) is 12.3. The van der Waals surface area contributed by atoms with E-state index in [1.165, 1.54) is 21.7 Å². The van der Waals surface area contributed by atoms with E-state index in [4.69, 9.17) is 26.1 Å². The number of ether oxygens (including phenoxy) is 2. The largest absolute Gasteiger partial charge is 0.493 e. The van der Waals surface area contributed by atoms with Crippen LogP contribution >= 0.6 is 22.9 Å². The molecule has 1 fully saturated rings. The maximum Gasteiger partial charge on any atom is 0.243 e. The van der Waals surface area contributed by atoms with E-state index in [1.807, 2.05) is 23.6 Å². The summed E-state index contributed by atoms with van der Waals surface area (Å²) in [4.78, 5) is 7.09. The van der Waals surface area contributed by atoms with Crippen LogP contribution in [-0.2, 0) is 10.0 Å². The molecule has 0 bridgehead atoms. The average Bonchev–Trinajstić information content (AvgIpc) is 3.29. The van der Waals surface area contributed by atoms with Crippen LogP contribution in [0.4, 0.5) is 5.13 Å². The highest BCUT2D eigenvalue weighted by Crippen LogP contribution is 2.34. The molecule has 0 atom stereocenters. The number of nitrogens with zero attached hydrogens (tertiary/aromatic N) is 3. The molecule has 1 aliphatic heterocycles. The van der Waals surface area contributed by atoms with Crippen molar-refractivity contribution in [2.24, 2.45) is 0 Å². The number of benzene rings is 2. The van der Waals surface area contributed by atoms with Crippen LogP contribution in [0.3, 0.4) is 0 Å². The van der Waals surface area contributed by atoms with Crippen molar-refractivity contribution in [2.75, 3.05) is 45.3 Å². The fourth-order valence-electron chi connectivity index (χ4n) is 3.43. The third kappa shape index (κ3) is 4.50. The van der Waals surface area contributed by atoms with Crippen LogP contribution in [0.5, 0.6) is 11.5 Å². The fraction of sp³-hybridized carbons (Fsp3) is 0.286. The number of rotatable bonds is 6. The van der Waals surface area contributed by atoms with Crippen molar-refractivity contribution < 1.29 is 17.9 Å². The Hall–Kier alpha value is -2.33. The molecule has 164 valence electrons. The second kappa shape index (κ2) is 9.04. The predicted molar refractivity (Wildman–Crippen MR) is 123 cm³/mol. The van der Waals surface area contributed by atoms with E-state index in [-0.39, 0.29) is 4.90 Å². The molecular weight excluding hydrogens is 458 g/mol. The summed E-state index contributed by atoms with van der Waals surface area (Å²) in [6.45, 7) is 1.91. The van der Waals surface area contributed by atoms with Crippen LogP contribution in [0.25, 0.3) is 11.3 Å². The Morgan fingerprint density at radius 1 is 1.00 bits per heavy atom. The number of piperazine rings is 1. The van der Waals surface area contributed by atoms with Gasteiger partial charge in [-0.3, -0.25) is 0 Å². The van der Waals surface area contributed by atoms with Gasteiger partial charge in [0.1, 0.15) is 0 Å². The highest BCUT2D eigenvalue weighted by atomic mass is 35.5. The summed E-state index contributed by atoms with van der Waals surface area (Å²) in [6.07, 6.45) is 0. The van der Waals surface area contributed by atoms with Gasteiger partial charge >= 0.3 is 0 Å². The molecule has 0 unspecified atom stereocenters. The number of aromatic nitrogens is 1. The Bertz CT molecular complexity index is 1170. The summed E-state index contributed by atoms with van der Waals surface area (Å²) >= 11 is 7.51. The first kappa shape index (κ1) is 21.9. The number of hydrogen-bond donors (Lipinski definition) is 0. The normalized spacial score (nSPS) is 15.1. The Morgan fingerprint density at radius 2 is 1.74 bits per heavy atom. The summed E-state index contributed by atoms with van der Waals surface area (Å²) in [7, 11) is -0.359. The van der Waals surface area contributed by atoms with Gasteiger partial charge in [-0.1, -0.05) is 17.7 Å². The van der Waals surface area contributed by atoms with Gasteiger partial charge in [-0.15, -0.1) is 11.3 Å². The molecular formula is C21H22ClN3O4S2. The summed E-state index contributed by atoms with van der Waals surface area (Å²) in [5.41, 5.74) is 1.78. The van der Waals surface area contributed by atoms with E-state index in [0.29, 0.717) is 42.7 Å². The van der Waals surface area contributed by atoms with Gasteiger partial charge in [-0.2, -0.15) is 4.31 Å². The van der Waals surface area contributed by atoms with Crippen molar-refractivity contribution in [3.63, 3.8) is 0 Å². The van der Waals surface area contributed by atoms with E-state index >= 15 is 0 Å². The van der Waals surface area contributed by atoms with Crippen molar-refractivity contribution >= 4 is 38.1 Å². The maximum absolute atomic E-state index is 12.9. The molecule has 2 aromatic carbocycles. The van der Waals surface area contributed by atoms with Gasteiger partial charge in [0.15, 0.2) is 16.6 Å². The van der Waals surface area contributed by atoms with Gasteiger partial charge in [0, 0.05) is 42.1 Å². The van der Waals surface area contributed by atoms with Crippen LogP contribution in [0.15, 0.2) is 52.7 Å². The molecule has 4 rings (SSSR count). The van der Waals surface area contributed by atoms with Gasteiger partial charge < -0.3 is 14.4 Å². The molecule has 0 radical (unpaired) electrons. The fourth-order valence-corrected chi connectivity index (χ4v) is 6.05. The lowest BCUT2D eigenvalue weighted by molar-refractivity contribution is 0.355. The molecule has 0 spiro atoms. The molecule has 0 aliphatic carbocycles. The van der Waals surface area contributed by atoms with Crippen molar-refractivity contribution in [3.05, 3.63) is 52.9 Å². The first-order chi connectivity index (χ1) is 14.9. The van der Waals surface area contributed by atoms with Crippen molar-refractivity contribution in [1.29, 1.82) is 0 Å². The van der Waals surface area contributed by atoms with E-state index in [0.717, 1.165) is 16.4 Å². The van der Waals surface area contributed by atoms with Gasteiger partial charge in [-0.05, 0) is 36.4 Å². The summed E-state index contributed by atoms with van der Waals surface area (Å²) in [5.74, 6) is 1.31. The first-order valence-electron chi connectivity index (χ1n) is 9.61. The Balaban J connectivity index is 1.46. The van der Waals surface area contributed by atoms with E-state index in [2.05, 4.69) is 4.90 Å². The monoisotopic (exact) mass is 479 g/mol. The second-order valence-electron chi connectivity index (χ2n) is 6.93. The second-order valence-corrected chi connectivity index (χ2v) is 10.1. The van der Waals surface area contributed by atoms with Gasteiger partial charge in [0.25, 0.3) is 0 Å². The standard InChI is InChI=1S/C21H22ClN3O4S2/c1-28-19-7-6-15(12-20(19)29-2)18-14-30-21(23-18)24-8-10-25(11-9-24)31(26,27)17-5-3-4-16(22)13-17/h3-7,12-14H,8-11H2,1-2H3. The summed E-state index contributed by atoms with van der Waals surface area (Å²) in [5, 5.41) is 3.26. The van der Waals surface area contributed by atoms with Crippen LogP contribution in [0, 0.1) is 0 Å². The highest BCUT2D eigenvalue weighted by molar-refractivity contribution is 7.89. The molecule has 31 heavy (non-hydrogen) atoms. The third-order valence-electron chi connectivity index (χ3n) is 5.11. The SMILES string of the molecule is COc1ccc(-c2csc(N3CCN(S(=O)(=O)c4cccc(Cl)c4)CC3)n2)cc1OC. The van der Waals surface area contributed by atoms with Gasteiger partial charge in [-0.25, -0.2) is 13.4 Å². The molecule has 0 N–H and O–H groups in total. The molecule has 1 aromatic heterocycles. The lowest BCUT2D eigenvalue weighted by atomic mass is 10.1. The smallest absolute Gasteiger partial charge is 0.243 e. The Labute approximate surface area is 190 Å². The number of halogens is 1. The zero-order valence-electron chi connectivity index (χ0n) is 17.1. The van der Waals surface area contributed by atoms with Gasteiger partial charge in [0.05, 0.1) is 24.8 Å².